The average Bonchev–Trinajstić information content (AvgIpc) is 2.43. The Balaban J connectivity index is 2.40. The molecule has 112 valence electrons. The Morgan fingerprint density at radius 3 is 2.70 bits per heavy atom. The molecule has 1 aromatic rings. The smallest absolute Gasteiger partial charge is 0.237 e. The fourth-order valence-corrected chi connectivity index (χ4v) is 1.84. The summed E-state index contributed by atoms with van der Waals surface area (Å²) in [6, 6.07) is 7.41. The fourth-order valence-electron chi connectivity index (χ4n) is 1.84. The minimum atomic E-state index is -0.453. The number of nitrogens with one attached hydrogen (secondary N) is 1. The van der Waals surface area contributed by atoms with Crippen LogP contribution in [0, 0.1) is 12.8 Å². The minimum Gasteiger partial charge on any atom is -0.489 e. The predicted molar refractivity (Wildman–Crippen MR) is 81.7 cm³/mol. The highest BCUT2D eigenvalue weighted by atomic mass is 16.5. The Labute approximate surface area is 121 Å². The highest BCUT2D eigenvalue weighted by Gasteiger charge is 2.19. The first-order chi connectivity index (χ1) is 9.43. The largest absolute Gasteiger partial charge is 0.489 e. The van der Waals surface area contributed by atoms with E-state index < -0.39 is 6.04 Å². The third-order valence-electron chi connectivity index (χ3n) is 3.45. The van der Waals surface area contributed by atoms with Gasteiger partial charge in [-0.1, -0.05) is 32.4 Å². The molecule has 0 fully saturated rings. The number of hydrogen-bond acceptors (Lipinski definition) is 3. The van der Waals surface area contributed by atoms with Crippen LogP contribution in [0.1, 0.15) is 32.8 Å². The second kappa shape index (κ2) is 7.90. The molecule has 0 spiro atoms. The molecule has 1 aromatic carbocycles. The van der Waals surface area contributed by atoms with E-state index in [4.69, 9.17) is 10.5 Å². The Kier molecular flexibility index (Phi) is 6.52. The Hall–Kier alpha value is -1.55. The van der Waals surface area contributed by atoms with Crippen LogP contribution in [0.5, 0.6) is 5.75 Å². The molecule has 1 amide bonds. The quantitative estimate of drug-likeness (QED) is 0.804. The number of carbonyl (C=O) groups excluding carboxylic acids is 1. The number of ether oxygens (including phenoxy) is 1. The Morgan fingerprint density at radius 1 is 1.40 bits per heavy atom. The molecular formula is C16H26N2O2. The normalized spacial score (nSPS) is 15.2. The molecular weight excluding hydrogens is 252 g/mol. The highest BCUT2D eigenvalue weighted by Crippen LogP contribution is 2.14. The second-order valence-electron chi connectivity index (χ2n) is 5.40. The maximum absolute atomic E-state index is 11.9. The summed E-state index contributed by atoms with van der Waals surface area (Å²) in [5.41, 5.74) is 7.03. The van der Waals surface area contributed by atoms with Gasteiger partial charge in [-0.15, -0.1) is 0 Å². The molecule has 0 bridgehead atoms. The zero-order chi connectivity index (χ0) is 15.1. The van der Waals surface area contributed by atoms with Crippen LogP contribution in [0.2, 0.25) is 0 Å². The predicted octanol–water partition coefficient (Wildman–Crippen LogP) is 2.25. The van der Waals surface area contributed by atoms with Crippen molar-refractivity contribution in [2.45, 2.75) is 46.3 Å². The number of amides is 1. The van der Waals surface area contributed by atoms with E-state index >= 15 is 0 Å². The van der Waals surface area contributed by atoms with E-state index in [-0.39, 0.29) is 17.9 Å². The van der Waals surface area contributed by atoms with Gasteiger partial charge in [-0.3, -0.25) is 4.79 Å². The van der Waals surface area contributed by atoms with E-state index in [1.165, 1.54) is 0 Å². The van der Waals surface area contributed by atoms with Gasteiger partial charge < -0.3 is 15.8 Å². The molecule has 3 atom stereocenters. The molecule has 3 N–H and O–H groups in total. The highest BCUT2D eigenvalue weighted by molar-refractivity contribution is 5.81. The molecule has 0 aliphatic carbocycles. The molecule has 3 unspecified atom stereocenters. The zero-order valence-electron chi connectivity index (χ0n) is 12.8. The van der Waals surface area contributed by atoms with Gasteiger partial charge >= 0.3 is 0 Å². The van der Waals surface area contributed by atoms with E-state index in [0.717, 1.165) is 17.7 Å². The molecule has 0 saturated carbocycles. The number of aryl methyl sites for hydroxylation is 1. The van der Waals surface area contributed by atoms with Crippen molar-refractivity contribution in [3.05, 3.63) is 29.8 Å². The van der Waals surface area contributed by atoms with E-state index in [1.807, 2.05) is 52.0 Å². The fraction of sp³-hybridized carbons (Fsp3) is 0.562. The molecule has 1 rings (SSSR count). The van der Waals surface area contributed by atoms with E-state index in [9.17, 15) is 4.79 Å². The van der Waals surface area contributed by atoms with E-state index in [0.29, 0.717) is 6.54 Å². The van der Waals surface area contributed by atoms with Crippen molar-refractivity contribution < 1.29 is 9.53 Å². The van der Waals surface area contributed by atoms with Gasteiger partial charge in [0.2, 0.25) is 5.91 Å². The maximum atomic E-state index is 11.9. The minimum absolute atomic E-state index is 0.0927. The lowest BCUT2D eigenvalue weighted by atomic mass is 9.99. The van der Waals surface area contributed by atoms with Gasteiger partial charge in [0.25, 0.3) is 0 Å². The van der Waals surface area contributed by atoms with Crippen molar-refractivity contribution in [1.82, 2.24) is 5.32 Å². The summed E-state index contributed by atoms with van der Waals surface area (Å²) >= 11 is 0. The van der Waals surface area contributed by atoms with Gasteiger partial charge in [0.05, 0.1) is 12.6 Å². The molecule has 0 saturated heterocycles. The van der Waals surface area contributed by atoms with Gasteiger partial charge in [0.1, 0.15) is 11.9 Å². The molecule has 0 aliphatic rings. The van der Waals surface area contributed by atoms with Crippen LogP contribution in [-0.2, 0) is 4.79 Å². The number of carbonyl (C=O) groups is 1. The van der Waals surface area contributed by atoms with E-state index in [1.54, 1.807) is 0 Å². The standard InChI is InChI=1S/C16H26N2O2/c1-5-12(3)15(17)16(19)18-10-13(4)20-14-8-6-7-11(2)9-14/h6-9,12-13,15H,5,10,17H2,1-4H3,(H,18,19). The number of rotatable bonds is 7. The topological polar surface area (TPSA) is 64.4 Å². The Morgan fingerprint density at radius 2 is 2.10 bits per heavy atom. The molecule has 0 heterocycles. The summed E-state index contributed by atoms with van der Waals surface area (Å²) in [7, 11) is 0. The van der Waals surface area contributed by atoms with Crippen molar-refractivity contribution in [2.75, 3.05) is 6.54 Å². The van der Waals surface area contributed by atoms with Crippen molar-refractivity contribution in [2.24, 2.45) is 11.7 Å². The van der Waals surface area contributed by atoms with Crippen molar-refractivity contribution in [3.8, 4) is 5.75 Å². The lowest BCUT2D eigenvalue weighted by molar-refractivity contribution is -0.123. The van der Waals surface area contributed by atoms with Crippen LogP contribution >= 0.6 is 0 Å². The van der Waals surface area contributed by atoms with Crippen LogP contribution in [-0.4, -0.2) is 24.6 Å². The third-order valence-corrected chi connectivity index (χ3v) is 3.45. The van der Waals surface area contributed by atoms with Crippen LogP contribution in [0.4, 0.5) is 0 Å². The van der Waals surface area contributed by atoms with Gasteiger partial charge in [0.15, 0.2) is 0 Å². The first-order valence-corrected chi connectivity index (χ1v) is 7.20. The summed E-state index contributed by atoms with van der Waals surface area (Å²) in [6.45, 7) is 8.41. The van der Waals surface area contributed by atoms with Crippen LogP contribution < -0.4 is 15.8 Å². The SMILES string of the molecule is CCC(C)C(N)C(=O)NCC(C)Oc1cccc(C)c1. The molecule has 4 heteroatoms. The zero-order valence-corrected chi connectivity index (χ0v) is 12.8. The number of hydrogen-bond donors (Lipinski definition) is 2. The molecule has 0 aliphatic heterocycles. The first-order valence-electron chi connectivity index (χ1n) is 7.20. The first kappa shape index (κ1) is 16.5. The summed E-state index contributed by atoms with van der Waals surface area (Å²) in [5.74, 6) is 0.889. The van der Waals surface area contributed by atoms with Crippen LogP contribution in [0.3, 0.4) is 0 Å². The molecule has 0 aromatic heterocycles. The lowest BCUT2D eigenvalue weighted by Gasteiger charge is -2.20. The van der Waals surface area contributed by atoms with Crippen molar-refractivity contribution in [1.29, 1.82) is 0 Å². The summed E-state index contributed by atoms with van der Waals surface area (Å²) in [4.78, 5) is 11.9. The number of nitrogens with two attached hydrogens (primary N) is 1. The summed E-state index contributed by atoms with van der Waals surface area (Å²) < 4.78 is 5.76. The molecule has 20 heavy (non-hydrogen) atoms. The number of benzene rings is 1. The third kappa shape index (κ3) is 5.21. The maximum Gasteiger partial charge on any atom is 0.237 e. The average molecular weight is 278 g/mol. The van der Waals surface area contributed by atoms with Crippen LogP contribution in [0.15, 0.2) is 24.3 Å². The van der Waals surface area contributed by atoms with Gasteiger partial charge in [0, 0.05) is 0 Å². The van der Waals surface area contributed by atoms with Crippen molar-refractivity contribution >= 4 is 5.91 Å². The van der Waals surface area contributed by atoms with Crippen molar-refractivity contribution in [3.63, 3.8) is 0 Å². The second-order valence-corrected chi connectivity index (χ2v) is 5.40. The monoisotopic (exact) mass is 278 g/mol. The van der Waals surface area contributed by atoms with Gasteiger partial charge in [-0.2, -0.15) is 0 Å². The lowest BCUT2D eigenvalue weighted by Crippen LogP contribution is -2.47. The molecule has 0 radical (unpaired) electrons. The molecule has 4 nitrogen and oxygen atoms in total. The Bertz CT molecular complexity index is 434. The van der Waals surface area contributed by atoms with E-state index in [2.05, 4.69) is 5.32 Å². The van der Waals surface area contributed by atoms with Gasteiger partial charge in [-0.25, -0.2) is 0 Å². The van der Waals surface area contributed by atoms with Gasteiger partial charge in [-0.05, 0) is 37.5 Å². The van der Waals surface area contributed by atoms with Crippen LogP contribution in [0.25, 0.3) is 0 Å². The summed E-state index contributed by atoms with van der Waals surface area (Å²) in [5, 5.41) is 2.84. The summed E-state index contributed by atoms with van der Waals surface area (Å²) in [6.07, 6.45) is 0.800.